The number of thioether (sulfide) groups is 1. The van der Waals surface area contributed by atoms with Crippen molar-refractivity contribution in [2.45, 2.75) is 75.3 Å². The molecule has 0 spiro atoms. The second-order valence-corrected chi connectivity index (χ2v) is 23.9. The molecule has 4 unspecified atom stereocenters. The molecule has 1 aromatic heterocycles. The number of carbonyl (C=O) groups excluding carboxylic acids is 3. The predicted octanol–water partition coefficient (Wildman–Crippen LogP) is 6.66. The molecule has 1 amide bonds. The second kappa shape index (κ2) is 24.5. The third-order valence-electron chi connectivity index (χ3n) is 14.2. The third kappa shape index (κ3) is 15.0. The summed E-state index contributed by atoms with van der Waals surface area (Å²) in [6, 6.07) is 27.3. The third-order valence-corrected chi connectivity index (χ3v) is 18.4. The molecule has 17 heteroatoms. The summed E-state index contributed by atoms with van der Waals surface area (Å²) in [7, 11) is 6.75. The van der Waals surface area contributed by atoms with Crippen molar-refractivity contribution in [3.8, 4) is 0 Å². The van der Waals surface area contributed by atoms with Crippen molar-refractivity contribution >= 4 is 81.2 Å². The van der Waals surface area contributed by atoms with Crippen molar-refractivity contribution in [3.05, 3.63) is 114 Å². The molecule has 4 bridgehead atoms. The Kier molecular flexibility index (Phi) is 18.0. The fraction of sp³-hybridized carbons (Fsp3) is 0.463. The van der Waals surface area contributed by atoms with Gasteiger partial charge in [-0.2, -0.15) is 4.57 Å². The number of carboxylic acid groups (broad SMARTS) is 1. The minimum atomic E-state index is -3.79. The van der Waals surface area contributed by atoms with Gasteiger partial charge >= 0.3 is 229 Å². The molecule has 5 heterocycles. The van der Waals surface area contributed by atoms with Gasteiger partial charge in [-0.3, -0.25) is 4.79 Å². The topological polar surface area (TPSA) is 145 Å². The van der Waals surface area contributed by atoms with Crippen LogP contribution in [0.4, 0.5) is 11.4 Å². The van der Waals surface area contributed by atoms with Gasteiger partial charge in [0.25, 0.3) is 0 Å². The zero-order valence-corrected chi connectivity index (χ0v) is 44.9. The van der Waals surface area contributed by atoms with E-state index in [1.807, 2.05) is 40.9 Å². The van der Waals surface area contributed by atoms with Crippen molar-refractivity contribution < 1.29 is 43.9 Å². The van der Waals surface area contributed by atoms with Crippen molar-refractivity contribution in [2.75, 3.05) is 96.8 Å². The van der Waals surface area contributed by atoms with Crippen LogP contribution in [-0.2, 0) is 42.7 Å². The van der Waals surface area contributed by atoms with E-state index in [4.69, 9.17) is 10.6 Å². The Morgan fingerprint density at radius 3 is 2.46 bits per heavy atom. The van der Waals surface area contributed by atoms with Crippen molar-refractivity contribution in [3.63, 3.8) is 0 Å². The standard InChI is InChI=1S/C54H71N7O8S.Ga/c1-40(62)36-60-30-29-57(38-53(66)67)26-22-42(34-52(64)65)23-27-58(39-54(68)69)37-45(60)33-41-18-20-44(21-19-41)55-50(63)17-6-5-11-31-61(3,4)32-12-25-59-28-24-43(46-13-7-8-14-47(46)59)35-51-56(2)48-15-9-10-16-49(48)70-51;/h7-10,13-16,18-21,24,28,35,42,45H,1,5-6,11-12,17,22-23,25-27,29-34,36-39H2,2-4H3,(H3-2,55,62,63,64,65,66,67,68,69);/q;+3/p-1. The molecule has 0 aliphatic carbocycles. The minimum absolute atomic E-state index is 0.000262. The summed E-state index contributed by atoms with van der Waals surface area (Å²) in [6.45, 7) is 10.1. The molecule has 4 atom stereocenters. The molecule has 4 aliphatic heterocycles. The van der Waals surface area contributed by atoms with Crippen LogP contribution >= 0.6 is 11.8 Å². The average Bonchev–Trinajstić information content (AvgIpc) is 3.63. The number of quaternary nitrogens is 1. The first-order chi connectivity index (χ1) is 34.2. The number of hydrogen-bond acceptors (Lipinski definition) is 12. The number of anilines is 2. The monoisotopic (exact) mass is 1050 g/mol. The van der Waals surface area contributed by atoms with E-state index in [1.165, 1.54) is 32.1 Å². The number of pyridine rings is 1. The number of carbonyl (C=O) groups is 4. The first kappa shape index (κ1) is 52.2. The number of nitrogens with one attached hydrogen (secondary N) is 1. The fourth-order valence-electron chi connectivity index (χ4n) is 10.2. The molecule has 15 nitrogen and oxygen atoms in total. The molecule has 3 fully saturated rings. The Labute approximate surface area is 429 Å². The van der Waals surface area contributed by atoms with Gasteiger partial charge in [-0.1, -0.05) is 36.0 Å². The number of aryl methyl sites for hydroxylation is 1. The molecule has 8 rings (SSSR count). The first-order valence-electron chi connectivity index (χ1n) is 25.2. The normalized spacial score (nSPS) is 21.9. The number of rotatable bonds is 16. The van der Waals surface area contributed by atoms with Crippen LogP contribution in [0.5, 0.6) is 0 Å². The second-order valence-electron chi connectivity index (χ2n) is 20.2. The van der Waals surface area contributed by atoms with Crippen LogP contribution in [0, 0.1) is 5.92 Å². The molecule has 376 valence electrons. The van der Waals surface area contributed by atoms with Gasteiger partial charge in [0, 0.05) is 30.5 Å². The first-order valence-corrected chi connectivity index (χ1v) is 29.0. The van der Waals surface area contributed by atoms with Gasteiger partial charge in [-0.15, -0.1) is 0 Å². The summed E-state index contributed by atoms with van der Waals surface area (Å²) in [5.74, 6) is -1.55. The van der Waals surface area contributed by atoms with E-state index in [-0.39, 0.29) is 37.4 Å². The zero-order valence-electron chi connectivity index (χ0n) is 41.6. The van der Waals surface area contributed by atoms with E-state index < -0.39 is 35.2 Å². The summed E-state index contributed by atoms with van der Waals surface area (Å²) >= 11 is -1.97. The molecular weight excluding hydrogens is 976 g/mol. The number of unbranched alkanes of at least 4 members (excludes halogenated alkanes) is 2. The van der Waals surface area contributed by atoms with Crippen molar-refractivity contribution in [1.82, 2.24) is 14.7 Å². The molecular formula is C54H70GaN7O8S+2. The van der Waals surface area contributed by atoms with Gasteiger partial charge in [0.15, 0.2) is 12.7 Å². The van der Waals surface area contributed by atoms with Gasteiger partial charge in [-0.25, -0.2) is 0 Å². The Balaban J connectivity index is 0.809. The van der Waals surface area contributed by atoms with Crippen molar-refractivity contribution in [2.24, 2.45) is 5.92 Å². The maximum atomic E-state index is 13.2. The quantitative estimate of drug-likeness (QED) is 0.0535. The van der Waals surface area contributed by atoms with Crippen LogP contribution in [0.1, 0.15) is 62.5 Å². The zero-order chi connectivity index (χ0) is 49.9. The number of fused-ring (bicyclic) bond motifs is 9. The van der Waals surface area contributed by atoms with Crippen LogP contribution in [0.3, 0.4) is 0 Å². The number of benzene rings is 3. The summed E-state index contributed by atoms with van der Waals surface area (Å²) in [6.07, 6.45) is 11.0. The molecule has 3 saturated heterocycles. The van der Waals surface area contributed by atoms with Gasteiger partial charge < -0.3 is 9.38 Å². The molecule has 2 N–H and O–H groups in total. The Bertz CT molecular complexity index is 2580. The van der Waals surface area contributed by atoms with Crippen LogP contribution < -0.4 is 14.8 Å². The van der Waals surface area contributed by atoms with E-state index in [0.29, 0.717) is 70.7 Å². The number of aliphatic carboxylic acids is 1. The van der Waals surface area contributed by atoms with Gasteiger partial charge in [0.05, 0.1) is 49.7 Å². The Morgan fingerprint density at radius 2 is 1.65 bits per heavy atom. The van der Waals surface area contributed by atoms with E-state index >= 15 is 0 Å². The summed E-state index contributed by atoms with van der Waals surface area (Å²) in [5.41, 5.74) is 5.51. The van der Waals surface area contributed by atoms with Crippen LogP contribution in [0.15, 0.2) is 107 Å². The molecule has 71 heavy (non-hydrogen) atoms. The number of aromatic nitrogens is 1. The molecule has 4 aliphatic rings. The number of amides is 1. The summed E-state index contributed by atoms with van der Waals surface area (Å²) < 4.78 is 20.7. The van der Waals surface area contributed by atoms with Gasteiger partial charge in [0.1, 0.15) is 0 Å². The van der Waals surface area contributed by atoms with E-state index in [0.717, 1.165) is 61.1 Å². The van der Waals surface area contributed by atoms with E-state index in [9.17, 15) is 24.3 Å². The number of para-hydroxylation sites is 2. The molecule has 0 saturated carbocycles. The van der Waals surface area contributed by atoms with Crippen LogP contribution in [0.25, 0.3) is 17.0 Å². The summed E-state index contributed by atoms with van der Waals surface area (Å²) in [5, 5.41) is 15.3. The fourth-order valence-corrected chi connectivity index (χ4v) is 13.6. The Hall–Kier alpha value is -5.14. The predicted molar refractivity (Wildman–Crippen MR) is 278 cm³/mol. The average molecular weight is 1050 g/mol. The number of nitrogens with zero attached hydrogens (tertiary/aromatic N) is 6. The number of hydrogen-bond donors (Lipinski definition) is 2. The van der Waals surface area contributed by atoms with Crippen molar-refractivity contribution in [1.29, 1.82) is 0 Å². The van der Waals surface area contributed by atoms with E-state index in [1.54, 1.807) is 0 Å². The molecule has 0 radical (unpaired) electrons. The SMILES string of the molecule is C=C1CN2CCN(CC(=O)O)CCC3CCN(CC(=O)[O][Ga]([O]1)[O]C(=O)C3)CC2Cc1ccc(NC(=O)CCCCC[N+](C)(C)CCC[n+]2ccc(/C=C3\Sc4ccccc4N3C)c3ccccc32)cc1. The number of carboxylic acids is 1. The molecule has 4 aromatic rings. The maximum absolute atomic E-state index is 13.2. The van der Waals surface area contributed by atoms with Crippen LogP contribution in [-0.4, -0.2) is 158 Å². The van der Waals surface area contributed by atoms with Gasteiger partial charge in [0.2, 0.25) is 5.52 Å². The van der Waals surface area contributed by atoms with Gasteiger partial charge in [-0.05, 0) is 49.1 Å². The van der Waals surface area contributed by atoms with Crippen LogP contribution in [0.2, 0.25) is 0 Å². The Morgan fingerprint density at radius 1 is 0.887 bits per heavy atom. The van der Waals surface area contributed by atoms with E-state index in [2.05, 4.69) is 119 Å². The summed E-state index contributed by atoms with van der Waals surface area (Å²) in [4.78, 5) is 61.1. The molecule has 3 aromatic carbocycles.